The topological polar surface area (TPSA) is 64.4 Å². The average molecular weight is 170 g/mol. The number of hydrogen-bond donors (Lipinski definition) is 2. The van der Waals surface area contributed by atoms with E-state index in [2.05, 4.69) is 5.32 Å². The summed E-state index contributed by atoms with van der Waals surface area (Å²) >= 11 is 0. The van der Waals surface area contributed by atoms with Gasteiger partial charge in [-0.25, -0.2) is 0 Å². The highest BCUT2D eigenvalue weighted by atomic mass is 16.5. The summed E-state index contributed by atoms with van der Waals surface area (Å²) in [5, 5.41) is 3.27. The van der Waals surface area contributed by atoms with Gasteiger partial charge >= 0.3 is 0 Å². The Bertz CT molecular complexity index is 195. The summed E-state index contributed by atoms with van der Waals surface area (Å²) in [7, 11) is 0. The lowest BCUT2D eigenvalue weighted by Gasteiger charge is -2.24. The van der Waals surface area contributed by atoms with Gasteiger partial charge in [0.1, 0.15) is 5.54 Å². The first-order valence-electron chi connectivity index (χ1n) is 4.38. The first-order chi connectivity index (χ1) is 5.73. The van der Waals surface area contributed by atoms with E-state index in [4.69, 9.17) is 10.5 Å². The highest BCUT2D eigenvalue weighted by Gasteiger charge is 2.44. The van der Waals surface area contributed by atoms with Crippen molar-refractivity contribution in [3.63, 3.8) is 0 Å². The van der Waals surface area contributed by atoms with Gasteiger partial charge in [-0.2, -0.15) is 0 Å². The van der Waals surface area contributed by atoms with E-state index in [1.54, 1.807) is 0 Å². The predicted molar refractivity (Wildman–Crippen MR) is 43.5 cm³/mol. The Hall–Kier alpha value is -0.610. The minimum atomic E-state index is -0.554. The van der Waals surface area contributed by atoms with Gasteiger partial charge in [0.15, 0.2) is 0 Å². The van der Waals surface area contributed by atoms with Gasteiger partial charge in [-0.3, -0.25) is 10.1 Å². The third-order valence-electron chi connectivity index (χ3n) is 2.55. The van der Waals surface area contributed by atoms with E-state index in [9.17, 15) is 4.79 Å². The molecule has 0 spiro atoms. The van der Waals surface area contributed by atoms with Crippen molar-refractivity contribution in [3.8, 4) is 0 Å². The molecule has 1 heterocycles. The fourth-order valence-corrected chi connectivity index (χ4v) is 1.56. The molecule has 12 heavy (non-hydrogen) atoms. The summed E-state index contributed by atoms with van der Waals surface area (Å²) in [5.41, 5.74) is 4.77. The SMILES string of the molecule is NC(=O)C1(NC2CC2)CCOC1. The number of carbonyl (C=O) groups is 1. The number of nitrogens with one attached hydrogen (secondary N) is 1. The molecule has 1 unspecified atom stereocenters. The molecule has 4 heteroatoms. The van der Waals surface area contributed by atoms with E-state index in [1.165, 1.54) is 0 Å². The molecule has 0 bridgehead atoms. The Labute approximate surface area is 71.4 Å². The minimum Gasteiger partial charge on any atom is -0.379 e. The molecule has 1 aliphatic carbocycles. The van der Waals surface area contributed by atoms with Crippen molar-refractivity contribution in [1.29, 1.82) is 0 Å². The fraction of sp³-hybridized carbons (Fsp3) is 0.875. The number of nitrogens with two attached hydrogens (primary N) is 1. The smallest absolute Gasteiger partial charge is 0.240 e. The first-order valence-corrected chi connectivity index (χ1v) is 4.38. The quantitative estimate of drug-likeness (QED) is 0.593. The average Bonchev–Trinajstić information content (AvgIpc) is 2.66. The number of rotatable bonds is 3. The molecular weight excluding hydrogens is 156 g/mol. The maximum Gasteiger partial charge on any atom is 0.240 e. The molecule has 0 aromatic rings. The highest BCUT2D eigenvalue weighted by Crippen LogP contribution is 2.26. The maximum atomic E-state index is 11.2. The van der Waals surface area contributed by atoms with Crippen LogP contribution in [0.3, 0.4) is 0 Å². The van der Waals surface area contributed by atoms with Crippen LogP contribution in [0.4, 0.5) is 0 Å². The fourth-order valence-electron chi connectivity index (χ4n) is 1.56. The maximum absolute atomic E-state index is 11.2. The molecule has 2 aliphatic rings. The third-order valence-corrected chi connectivity index (χ3v) is 2.55. The lowest BCUT2D eigenvalue weighted by molar-refractivity contribution is -0.124. The second-order valence-corrected chi connectivity index (χ2v) is 3.67. The lowest BCUT2D eigenvalue weighted by Crippen LogP contribution is -2.56. The zero-order valence-electron chi connectivity index (χ0n) is 7.01. The van der Waals surface area contributed by atoms with Crippen LogP contribution in [0.25, 0.3) is 0 Å². The molecule has 1 saturated heterocycles. The van der Waals surface area contributed by atoms with Gasteiger partial charge in [-0.05, 0) is 12.8 Å². The first kappa shape index (κ1) is 8.01. The van der Waals surface area contributed by atoms with E-state index >= 15 is 0 Å². The van der Waals surface area contributed by atoms with Crippen molar-refractivity contribution in [1.82, 2.24) is 5.32 Å². The van der Waals surface area contributed by atoms with Gasteiger partial charge in [0, 0.05) is 19.1 Å². The molecule has 4 nitrogen and oxygen atoms in total. The second kappa shape index (κ2) is 2.71. The summed E-state index contributed by atoms with van der Waals surface area (Å²) in [6.07, 6.45) is 3.04. The Balaban J connectivity index is 2.03. The Morgan fingerprint density at radius 3 is 2.75 bits per heavy atom. The van der Waals surface area contributed by atoms with Crippen molar-refractivity contribution < 1.29 is 9.53 Å². The standard InChI is InChI=1S/C8H14N2O2/c9-7(11)8(3-4-12-5-8)10-6-1-2-6/h6,10H,1-5H2,(H2,9,11). The molecule has 0 aromatic carbocycles. The second-order valence-electron chi connectivity index (χ2n) is 3.67. The largest absolute Gasteiger partial charge is 0.379 e. The summed E-state index contributed by atoms with van der Waals surface area (Å²) in [6, 6.07) is 0.499. The van der Waals surface area contributed by atoms with Crippen molar-refractivity contribution >= 4 is 5.91 Å². The molecule has 1 amide bonds. The van der Waals surface area contributed by atoms with Crippen LogP contribution in [-0.2, 0) is 9.53 Å². The van der Waals surface area contributed by atoms with E-state index in [0.29, 0.717) is 19.3 Å². The molecule has 0 radical (unpaired) electrons. The van der Waals surface area contributed by atoms with Crippen LogP contribution in [0, 0.1) is 0 Å². The molecule has 1 saturated carbocycles. The van der Waals surface area contributed by atoms with Crippen LogP contribution in [0.5, 0.6) is 0 Å². The van der Waals surface area contributed by atoms with E-state index in [-0.39, 0.29) is 5.91 Å². The monoisotopic (exact) mass is 170 g/mol. The number of carbonyl (C=O) groups excluding carboxylic acids is 1. The molecule has 68 valence electrons. The molecule has 3 N–H and O–H groups in total. The van der Waals surface area contributed by atoms with E-state index in [1.807, 2.05) is 0 Å². The highest BCUT2D eigenvalue weighted by molar-refractivity contribution is 5.85. The molecule has 2 fully saturated rings. The molecule has 2 rings (SSSR count). The van der Waals surface area contributed by atoms with Gasteiger partial charge in [0.2, 0.25) is 5.91 Å². The van der Waals surface area contributed by atoms with Crippen molar-refractivity contribution in [2.75, 3.05) is 13.2 Å². The van der Waals surface area contributed by atoms with Crippen LogP contribution >= 0.6 is 0 Å². The Kier molecular flexibility index (Phi) is 1.81. The third kappa shape index (κ3) is 1.32. The number of primary amides is 1. The van der Waals surface area contributed by atoms with Crippen LogP contribution < -0.4 is 11.1 Å². The van der Waals surface area contributed by atoms with E-state index < -0.39 is 5.54 Å². The normalized spacial score (nSPS) is 35.3. The zero-order chi connectivity index (χ0) is 8.60. The summed E-state index contributed by atoms with van der Waals surface area (Å²) < 4.78 is 5.19. The van der Waals surface area contributed by atoms with Gasteiger partial charge in [0.05, 0.1) is 6.61 Å². The number of amides is 1. The molecular formula is C8H14N2O2. The Morgan fingerprint density at radius 2 is 2.33 bits per heavy atom. The minimum absolute atomic E-state index is 0.271. The molecule has 1 aliphatic heterocycles. The molecule has 1 atom stereocenters. The van der Waals surface area contributed by atoms with Crippen molar-refractivity contribution in [2.45, 2.75) is 30.8 Å². The van der Waals surface area contributed by atoms with Crippen molar-refractivity contribution in [3.05, 3.63) is 0 Å². The molecule has 0 aromatic heterocycles. The van der Waals surface area contributed by atoms with Gasteiger partial charge < -0.3 is 10.5 Å². The number of hydrogen-bond acceptors (Lipinski definition) is 3. The van der Waals surface area contributed by atoms with Gasteiger partial charge in [0.25, 0.3) is 0 Å². The summed E-state index contributed by atoms with van der Waals surface area (Å²) in [5.74, 6) is -0.271. The summed E-state index contributed by atoms with van der Waals surface area (Å²) in [4.78, 5) is 11.2. The van der Waals surface area contributed by atoms with Crippen LogP contribution in [-0.4, -0.2) is 30.7 Å². The zero-order valence-corrected chi connectivity index (χ0v) is 7.01. The lowest BCUT2D eigenvalue weighted by atomic mass is 9.98. The van der Waals surface area contributed by atoms with Crippen LogP contribution in [0.1, 0.15) is 19.3 Å². The summed E-state index contributed by atoms with van der Waals surface area (Å²) in [6.45, 7) is 1.08. The van der Waals surface area contributed by atoms with Gasteiger partial charge in [-0.1, -0.05) is 0 Å². The predicted octanol–water partition coefficient (Wildman–Crippen LogP) is -0.617. The number of ether oxygens (including phenoxy) is 1. The Morgan fingerprint density at radius 1 is 1.58 bits per heavy atom. The van der Waals surface area contributed by atoms with Crippen LogP contribution in [0.2, 0.25) is 0 Å². The van der Waals surface area contributed by atoms with Crippen molar-refractivity contribution in [2.24, 2.45) is 5.73 Å². The van der Waals surface area contributed by atoms with E-state index in [0.717, 1.165) is 19.3 Å². The van der Waals surface area contributed by atoms with Crippen LogP contribution in [0.15, 0.2) is 0 Å². The van der Waals surface area contributed by atoms with Gasteiger partial charge in [-0.15, -0.1) is 0 Å².